The van der Waals surface area contributed by atoms with E-state index in [1.165, 1.54) is 0 Å². The fourth-order valence-corrected chi connectivity index (χ4v) is 2.83. The second-order valence-corrected chi connectivity index (χ2v) is 6.42. The van der Waals surface area contributed by atoms with E-state index in [0.29, 0.717) is 29.9 Å². The zero-order valence-electron chi connectivity index (χ0n) is 15.4. The molecule has 1 N–H and O–H groups in total. The molecular formula is C21H16F2N4O2. The van der Waals surface area contributed by atoms with Crippen LogP contribution < -0.4 is 5.32 Å². The number of amides is 1. The summed E-state index contributed by atoms with van der Waals surface area (Å²) in [6, 6.07) is 11.3. The minimum absolute atomic E-state index is 0.0989. The van der Waals surface area contributed by atoms with E-state index in [0.717, 1.165) is 23.4 Å². The van der Waals surface area contributed by atoms with Gasteiger partial charge in [0.2, 0.25) is 5.89 Å². The van der Waals surface area contributed by atoms with Gasteiger partial charge in [-0.25, -0.2) is 13.8 Å². The number of carbonyl (C=O) groups excluding carboxylic acids is 1. The Bertz CT molecular complexity index is 1130. The average molecular weight is 394 g/mol. The fourth-order valence-electron chi connectivity index (χ4n) is 2.83. The number of benzene rings is 2. The summed E-state index contributed by atoms with van der Waals surface area (Å²) in [4.78, 5) is 16.7. The van der Waals surface area contributed by atoms with Crippen molar-refractivity contribution in [3.63, 3.8) is 0 Å². The first-order valence-electron chi connectivity index (χ1n) is 8.79. The number of oxazole rings is 1. The van der Waals surface area contributed by atoms with Crippen LogP contribution in [0.25, 0.3) is 11.5 Å². The largest absolute Gasteiger partial charge is 0.441 e. The van der Waals surface area contributed by atoms with Crippen LogP contribution in [0, 0.1) is 18.6 Å². The number of hydrogen-bond acceptors (Lipinski definition) is 4. The zero-order chi connectivity index (χ0) is 20.4. The van der Waals surface area contributed by atoms with Crippen molar-refractivity contribution in [1.29, 1.82) is 0 Å². The molecule has 0 radical (unpaired) electrons. The SMILES string of the molecule is Cc1oc(-c2ccc(NC(=O)c3cc(F)cc(F)c3)cc2)nc1Cn1cccn1. The maximum Gasteiger partial charge on any atom is 0.255 e. The third kappa shape index (κ3) is 4.21. The highest BCUT2D eigenvalue weighted by Gasteiger charge is 2.13. The smallest absolute Gasteiger partial charge is 0.255 e. The molecule has 0 bridgehead atoms. The Kier molecular flexibility index (Phi) is 4.90. The topological polar surface area (TPSA) is 73.0 Å². The van der Waals surface area contributed by atoms with Crippen LogP contribution in [-0.2, 0) is 6.54 Å². The lowest BCUT2D eigenvalue weighted by molar-refractivity contribution is 0.102. The van der Waals surface area contributed by atoms with Crippen LogP contribution in [0.4, 0.5) is 14.5 Å². The molecule has 0 aliphatic carbocycles. The molecule has 2 aromatic carbocycles. The molecule has 29 heavy (non-hydrogen) atoms. The van der Waals surface area contributed by atoms with Crippen LogP contribution in [0.15, 0.2) is 65.3 Å². The monoisotopic (exact) mass is 394 g/mol. The maximum absolute atomic E-state index is 13.3. The van der Waals surface area contributed by atoms with E-state index in [2.05, 4.69) is 15.4 Å². The first kappa shape index (κ1) is 18.5. The summed E-state index contributed by atoms with van der Waals surface area (Å²) in [5.74, 6) is -1.08. The van der Waals surface area contributed by atoms with Gasteiger partial charge in [-0.3, -0.25) is 9.48 Å². The van der Waals surface area contributed by atoms with E-state index in [1.54, 1.807) is 35.1 Å². The van der Waals surface area contributed by atoms with Gasteiger partial charge in [0.05, 0.1) is 6.54 Å². The average Bonchev–Trinajstić information content (AvgIpc) is 3.32. The van der Waals surface area contributed by atoms with Gasteiger partial charge in [-0.1, -0.05) is 0 Å². The van der Waals surface area contributed by atoms with Crippen LogP contribution >= 0.6 is 0 Å². The second-order valence-electron chi connectivity index (χ2n) is 6.42. The lowest BCUT2D eigenvalue weighted by atomic mass is 10.1. The van der Waals surface area contributed by atoms with Gasteiger partial charge in [-0.05, 0) is 49.4 Å². The number of rotatable bonds is 5. The Hall–Kier alpha value is -3.81. The number of hydrogen-bond donors (Lipinski definition) is 1. The molecule has 0 aliphatic rings. The summed E-state index contributed by atoms with van der Waals surface area (Å²) in [5.41, 5.74) is 1.88. The molecule has 2 heterocycles. The summed E-state index contributed by atoms with van der Waals surface area (Å²) in [7, 11) is 0. The third-order valence-corrected chi connectivity index (χ3v) is 4.28. The number of anilines is 1. The highest BCUT2D eigenvalue weighted by Crippen LogP contribution is 2.24. The van der Waals surface area contributed by atoms with Gasteiger partial charge in [-0.15, -0.1) is 0 Å². The molecule has 0 unspecified atom stereocenters. The van der Waals surface area contributed by atoms with E-state index < -0.39 is 17.5 Å². The molecular weight excluding hydrogens is 378 g/mol. The Morgan fingerprint density at radius 1 is 1.14 bits per heavy atom. The number of aryl methyl sites for hydroxylation is 1. The summed E-state index contributed by atoms with van der Waals surface area (Å²) < 4.78 is 34.1. The summed E-state index contributed by atoms with van der Waals surface area (Å²) >= 11 is 0. The van der Waals surface area contributed by atoms with E-state index in [1.807, 2.05) is 19.2 Å². The molecule has 2 aromatic heterocycles. The van der Waals surface area contributed by atoms with E-state index in [-0.39, 0.29) is 5.56 Å². The number of halogens is 2. The fraction of sp³-hybridized carbons (Fsp3) is 0.0952. The Morgan fingerprint density at radius 2 is 1.86 bits per heavy atom. The highest BCUT2D eigenvalue weighted by molar-refractivity contribution is 6.04. The zero-order valence-corrected chi connectivity index (χ0v) is 15.4. The minimum atomic E-state index is -0.810. The molecule has 4 rings (SSSR count). The van der Waals surface area contributed by atoms with Crippen molar-refractivity contribution in [2.24, 2.45) is 0 Å². The Labute approximate surface area is 164 Å². The first-order chi connectivity index (χ1) is 14.0. The molecule has 6 nitrogen and oxygen atoms in total. The molecule has 1 amide bonds. The quantitative estimate of drug-likeness (QED) is 0.544. The van der Waals surface area contributed by atoms with Crippen molar-refractivity contribution in [2.45, 2.75) is 13.5 Å². The molecule has 0 spiro atoms. The van der Waals surface area contributed by atoms with Gasteiger partial charge in [0.1, 0.15) is 23.1 Å². The van der Waals surface area contributed by atoms with Crippen molar-refractivity contribution >= 4 is 11.6 Å². The van der Waals surface area contributed by atoms with Crippen molar-refractivity contribution < 1.29 is 18.0 Å². The molecule has 8 heteroatoms. The van der Waals surface area contributed by atoms with Crippen molar-refractivity contribution in [3.05, 3.63) is 89.6 Å². The highest BCUT2D eigenvalue weighted by atomic mass is 19.1. The molecule has 0 saturated carbocycles. The molecule has 0 atom stereocenters. The van der Waals surface area contributed by atoms with Gasteiger partial charge in [0.15, 0.2) is 0 Å². The normalized spacial score (nSPS) is 10.9. The van der Waals surface area contributed by atoms with Crippen LogP contribution in [0.1, 0.15) is 21.8 Å². The standard InChI is InChI=1S/C21H16F2N4O2/c1-13-19(12-27-8-2-7-24-27)26-21(29-13)14-3-5-18(6-4-14)25-20(28)15-9-16(22)11-17(23)10-15/h2-11H,12H2,1H3,(H,25,28). The number of nitrogens with zero attached hydrogens (tertiary/aromatic N) is 3. The van der Waals surface area contributed by atoms with Crippen LogP contribution in [0.5, 0.6) is 0 Å². The molecule has 0 aliphatic heterocycles. The predicted molar refractivity (Wildman–Crippen MR) is 102 cm³/mol. The van der Waals surface area contributed by atoms with Crippen molar-refractivity contribution in [1.82, 2.24) is 14.8 Å². The summed E-state index contributed by atoms with van der Waals surface area (Å²) in [5, 5.41) is 6.76. The third-order valence-electron chi connectivity index (χ3n) is 4.28. The molecule has 0 saturated heterocycles. The number of nitrogens with one attached hydrogen (secondary N) is 1. The van der Waals surface area contributed by atoms with Crippen LogP contribution in [-0.4, -0.2) is 20.7 Å². The Balaban J connectivity index is 1.48. The molecule has 4 aromatic rings. The van der Waals surface area contributed by atoms with Gasteiger partial charge in [0.25, 0.3) is 5.91 Å². The maximum atomic E-state index is 13.3. The van der Waals surface area contributed by atoms with Gasteiger partial charge in [-0.2, -0.15) is 5.10 Å². The van der Waals surface area contributed by atoms with E-state index in [9.17, 15) is 13.6 Å². The minimum Gasteiger partial charge on any atom is -0.441 e. The lowest BCUT2D eigenvalue weighted by Crippen LogP contribution is -2.12. The second kappa shape index (κ2) is 7.67. The molecule has 146 valence electrons. The van der Waals surface area contributed by atoms with Crippen molar-refractivity contribution in [2.75, 3.05) is 5.32 Å². The van der Waals surface area contributed by atoms with Crippen LogP contribution in [0.3, 0.4) is 0 Å². The van der Waals surface area contributed by atoms with E-state index in [4.69, 9.17) is 4.42 Å². The molecule has 0 fully saturated rings. The van der Waals surface area contributed by atoms with Crippen molar-refractivity contribution in [3.8, 4) is 11.5 Å². The summed E-state index contributed by atoms with van der Waals surface area (Å²) in [6.07, 6.45) is 3.54. The van der Waals surface area contributed by atoms with Gasteiger partial charge >= 0.3 is 0 Å². The van der Waals surface area contributed by atoms with Gasteiger partial charge < -0.3 is 9.73 Å². The number of aromatic nitrogens is 3. The Morgan fingerprint density at radius 3 is 2.52 bits per heavy atom. The first-order valence-corrected chi connectivity index (χ1v) is 8.79. The van der Waals surface area contributed by atoms with E-state index >= 15 is 0 Å². The number of carbonyl (C=O) groups is 1. The van der Waals surface area contributed by atoms with Gasteiger partial charge in [0, 0.05) is 35.3 Å². The predicted octanol–water partition coefficient (Wildman–Crippen LogP) is 4.43. The summed E-state index contributed by atoms with van der Waals surface area (Å²) in [6.45, 7) is 2.34. The van der Waals surface area contributed by atoms with Crippen LogP contribution in [0.2, 0.25) is 0 Å². The lowest BCUT2D eigenvalue weighted by Gasteiger charge is -2.06.